The van der Waals surface area contributed by atoms with Crippen LogP contribution in [0.4, 0.5) is 0 Å². The molecule has 0 heterocycles. The lowest BCUT2D eigenvalue weighted by molar-refractivity contribution is -0.216. The number of aliphatic hydroxyl groups excluding tert-OH is 6. The van der Waals surface area contributed by atoms with Crippen LogP contribution in [0.15, 0.2) is 12.2 Å². The van der Waals surface area contributed by atoms with Crippen molar-refractivity contribution in [1.82, 2.24) is 0 Å². The highest BCUT2D eigenvalue weighted by atomic mass is 16.4. The molecule has 0 spiro atoms. The predicted molar refractivity (Wildman–Crippen MR) is 129 cm³/mol. The van der Waals surface area contributed by atoms with Crippen LogP contribution in [0.25, 0.3) is 0 Å². The summed E-state index contributed by atoms with van der Waals surface area (Å²) in [4.78, 5) is 14.0. The van der Waals surface area contributed by atoms with Crippen LogP contribution in [0.2, 0.25) is 0 Å². The molecule has 3 fully saturated rings. The lowest BCUT2D eigenvalue weighted by Crippen LogP contribution is -2.67. The molecular weight excluding hydrogens is 436 g/mol. The Hall–Kier alpha value is -0.830. The monoisotopic (exact) mass is 482 g/mol. The molecule has 3 saturated carbocycles. The number of fused-ring (bicyclic) bond motifs is 1. The molecule has 34 heavy (non-hydrogen) atoms. The van der Waals surface area contributed by atoms with Gasteiger partial charge in [0, 0.05) is 18.4 Å². The second-order valence-corrected chi connectivity index (χ2v) is 12.1. The Morgan fingerprint density at radius 2 is 1.71 bits per heavy atom. The van der Waals surface area contributed by atoms with Crippen molar-refractivity contribution in [2.24, 2.45) is 46.3 Å². The first-order chi connectivity index (χ1) is 15.9. The Morgan fingerprint density at radius 3 is 2.29 bits per heavy atom. The number of allylic oxidation sites excluding steroid dienone is 2. The van der Waals surface area contributed by atoms with Gasteiger partial charge in [-0.25, -0.2) is 0 Å². The molecule has 3 rings (SSSR count). The zero-order valence-corrected chi connectivity index (χ0v) is 21.2. The van der Waals surface area contributed by atoms with Crippen molar-refractivity contribution < 1.29 is 35.4 Å². The molecule has 6 N–H and O–H groups in total. The average Bonchev–Trinajstić information content (AvgIpc) is 3.10. The van der Waals surface area contributed by atoms with Gasteiger partial charge in [0.25, 0.3) is 0 Å². The molecule has 11 atom stereocenters. The number of carbonyl (C=O) groups is 1. The van der Waals surface area contributed by atoms with Crippen LogP contribution in [0.3, 0.4) is 0 Å². The molecule has 3 aliphatic carbocycles. The van der Waals surface area contributed by atoms with Crippen molar-refractivity contribution in [2.45, 2.75) is 90.6 Å². The molecule has 0 bridgehead atoms. The predicted octanol–water partition coefficient (Wildman–Crippen LogP) is 1.67. The van der Waals surface area contributed by atoms with Crippen LogP contribution in [-0.2, 0) is 4.79 Å². The Kier molecular flexibility index (Phi) is 8.69. The van der Waals surface area contributed by atoms with Gasteiger partial charge in [-0.3, -0.25) is 4.79 Å². The fourth-order valence-electron chi connectivity index (χ4n) is 7.86. The number of Topliss-reactive ketones (excluding diaryl/α,β-unsaturated/α-hetero) is 1. The molecule has 7 heteroatoms. The van der Waals surface area contributed by atoms with E-state index < -0.39 is 48.3 Å². The Bertz CT molecular complexity index is 738. The number of hydrogen-bond acceptors (Lipinski definition) is 7. The number of carbonyl (C=O) groups excluding carboxylic acids is 1. The van der Waals surface area contributed by atoms with E-state index in [4.69, 9.17) is 0 Å². The molecule has 0 aromatic carbocycles. The molecule has 10 unspecified atom stereocenters. The number of aliphatic hydroxyl groups is 6. The van der Waals surface area contributed by atoms with Crippen molar-refractivity contribution >= 4 is 5.78 Å². The molecule has 0 aromatic heterocycles. The van der Waals surface area contributed by atoms with Gasteiger partial charge in [-0.15, -0.1) is 0 Å². The summed E-state index contributed by atoms with van der Waals surface area (Å²) < 4.78 is 0. The summed E-state index contributed by atoms with van der Waals surface area (Å²) in [6.45, 7) is 8.11. The van der Waals surface area contributed by atoms with Crippen molar-refractivity contribution in [3.05, 3.63) is 12.2 Å². The summed E-state index contributed by atoms with van der Waals surface area (Å²) in [6.07, 6.45) is 2.32. The van der Waals surface area contributed by atoms with Gasteiger partial charge in [0.15, 0.2) is 0 Å². The maximum atomic E-state index is 14.0. The molecular formula is C27H46O7. The first-order valence-electron chi connectivity index (χ1n) is 13.1. The highest BCUT2D eigenvalue weighted by molar-refractivity contribution is 5.89. The van der Waals surface area contributed by atoms with Gasteiger partial charge in [0.05, 0.1) is 30.3 Å². The highest BCUT2D eigenvalue weighted by Gasteiger charge is 2.65. The van der Waals surface area contributed by atoms with Crippen LogP contribution < -0.4 is 0 Å². The number of hydrogen-bond donors (Lipinski definition) is 6. The second kappa shape index (κ2) is 10.7. The minimum atomic E-state index is -1.48. The summed E-state index contributed by atoms with van der Waals surface area (Å²) >= 11 is 0. The lowest BCUT2D eigenvalue weighted by atomic mass is 9.50. The van der Waals surface area contributed by atoms with Gasteiger partial charge >= 0.3 is 0 Å². The number of ketones is 1. The van der Waals surface area contributed by atoms with E-state index in [0.29, 0.717) is 12.3 Å². The molecule has 0 aromatic rings. The van der Waals surface area contributed by atoms with E-state index in [1.165, 1.54) is 0 Å². The molecule has 196 valence electrons. The van der Waals surface area contributed by atoms with E-state index in [2.05, 4.69) is 39.8 Å². The molecule has 0 amide bonds. The van der Waals surface area contributed by atoms with Crippen molar-refractivity contribution in [2.75, 3.05) is 13.2 Å². The van der Waals surface area contributed by atoms with E-state index in [1.54, 1.807) is 0 Å². The third-order valence-electron chi connectivity index (χ3n) is 9.64. The zero-order valence-electron chi connectivity index (χ0n) is 21.2. The van der Waals surface area contributed by atoms with E-state index in [9.17, 15) is 35.4 Å². The fraction of sp³-hybridized carbons (Fsp3) is 0.889. The second-order valence-electron chi connectivity index (χ2n) is 12.1. The van der Waals surface area contributed by atoms with Gasteiger partial charge in [0.1, 0.15) is 11.9 Å². The minimum absolute atomic E-state index is 0.00673. The third-order valence-corrected chi connectivity index (χ3v) is 9.64. The topological polar surface area (TPSA) is 138 Å². The molecule has 3 aliphatic rings. The molecule has 0 aliphatic heterocycles. The van der Waals surface area contributed by atoms with Crippen LogP contribution in [0, 0.1) is 46.3 Å². The van der Waals surface area contributed by atoms with Crippen LogP contribution >= 0.6 is 0 Å². The Balaban J connectivity index is 1.92. The van der Waals surface area contributed by atoms with Crippen LogP contribution in [-0.4, -0.2) is 74.1 Å². The van der Waals surface area contributed by atoms with Crippen molar-refractivity contribution in [3.63, 3.8) is 0 Å². The summed E-state index contributed by atoms with van der Waals surface area (Å²) in [6, 6.07) is 0. The minimum Gasteiger partial charge on any atom is -0.396 e. The smallest absolute Gasteiger partial charge is 0.145 e. The average molecular weight is 483 g/mol. The standard InChI is InChI=1S/C27H46O7/c1-15(2)6-5-7-16(3)18-8-9-19(26(18,4)10-11-28)17-12-20(30)22-24(33)23(32)21(31)13-27(22,14-29)25(17)34/h5,7,15-24,28-33H,6,8-14H2,1-4H3/b7-5+/t16-,17?,18?,19?,20?,21?,22?,23?,24?,26?,27?/m1/s1. The largest absolute Gasteiger partial charge is 0.396 e. The maximum absolute atomic E-state index is 14.0. The summed E-state index contributed by atoms with van der Waals surface area (Å²) in [5.74, 6) is -0.749. The van der Waals surface area contributed by atoms with Gasteiger partial charge in [-0.1, -0.05) is 39.8 Å². The first kappa shape index (κ1) is 27.8. The van der Waals surface area contributed by atoms with E-state index in [-0.39, 0.29) is 48.4 Å². The van der Waals surface area contributed by atoms with Gasteiger partial charge in [-0.2, -0.15) is 0 Å². The van der Waals surface area contributed by atoms with Gasteiger partial charge in [0.2, 0.25) is 0 Å². The van der Waals surface area contributed by atoms with E-state index in [1.807, 2.05) is 0 Å². The Labute approximate surface area is 203 Å². The van der Waals surface area contributed by atoms with Crippen molar-refractivity contribution in [3.8, 4) is 0 Å². The first-order valence-corrected chi connectivity index (χ1v) is 13.1. The summed E-state index contributed by atoms with van der Waals surface area (Å²) in [5.41, 5.74) is -1.81. The normalized spacial score (nSPS) is 46.3. The maximum Gasteiger partial charge on any atom is 0.145 e. The quantitative estimate of drug-likeness (QED) is 0.289. The zero-order chi connectivity index (χ0) is 25.4. The fourth-order valence-corrected chi connectivity index (χ4v) is 7.86. The highest BCUT2D eigenvalue weighted by Crippen LogP contribution is 2.60. The molecule has 0 radical (unpaired) electrons. The lowest BCUT2D eigenvalue weighted by Gasteiger charge is -2.56. The van der Waals surface area contributed by atoms with E-state index in [0.717, 1.165) is 19.3 Å². The summed E-state index contributed by atoms with van der Waals surface area (Å²) in [5, 5.41) is 62.6. The van der Waals surface area contributed by atoms with E-state index >= 15 is 0 Å². The number of rotatable bonds is 8. The van der Waals surface area contributed by atoms with Gasteiger partial charge < -0.3 is 30.6 Å². The molecule has 0 saturated heterocycles. The third kappa shape index (κ3) is 4.64. The van der Waals surface area contributed by atoms with Crippen LogP contribution in [0.5, 0.6) is 0 Å². The Morgan fingerprint density at radius 1 is 1.03 bits per heavy atom. The van der Waals surface area contributed by atoms with Crippen molar-refractivity contribution in [1.29, 1.82) is 0 Å². The summed E-state index contributed by atoms with van der Waals surface area (Å²) in [7, 11) is 0. The van der Waals surface area contributed by atoms with Crippen LogP contribution in [0.1, 0.15) is 66.2 Å². The SMILES string of the molecule is CC(C)C/C=C/[C@@H](C)C1CCC(C2CC(O)C3C(O)C(O)C(O)CC3(CO)C2=O)C1(C)CCO. The van der Waals surface area contributed by atoms with Gasteiger partial charge in [-0.05, 0) is 67.6 Å². The molecule has 7 nitrogen and oxygen atoms in total.